The Balaban J connectivity index is 2.21. The zero-order valence-corrected chi connectivity index (χ0v) is 7.75. The molecule has 0 amide bonds. The van der Waals surface area contributed by atoms with Gasteiger partial charge < -0.3 is 4.74 Å². The highest BCUT2D eigenvalue weighted by Crippen LogP contribution is 2.30. The molecule has 1 atom stereocenters. The van der Waals surface area contributed by atoms with E-state index in [1.807, 2.05) is 24.3 Å². The minimum Gasteiger partial charge on any atom is -0.457 e. The van der Waals surface area contributed by atoms with Crippen LogP contribution in [0.1, 0.15) is 24.5 Å². The van der Waals surface area contributed by atoms with Gasteiger partial charge in [0.2, 0.25) is 0 Å². The van der Waals surface area contributed by atoms with Crippen molar-refractivity contribution in [2.45, 2.75) is 18.9 Å². The van der Waals surface area contributed by atoms with Crippen molar-refractivity contribution in [3.05, 3.63) is 34.9 Å². The molecule has 1 aliphatic heterocycles. The SMILES string of the molecule is O=C1CC[C@@H](c2cccc(Cl)c2)O1. The van der Waals surface area contributed by atoms with Crippen molar-refractivity contribution >= 4 is 17.6 Å². The van der Waals surface area contributed by atoms with Crippen molar-refractivity contribution in [3.63, 3.8) is 0 Å². The Bertz CT molecular complexity index is 335. The lowest BCUT2D eigenvalue weighted by atomic mass is 10.1. The van der Waals surface area contributed by atoms with Gasteiger partial charge in [0.1, 0.15) is 6.10 Å². The molecular formula is C10H9ClO2. The van der Waals surface area contributed by atoms with Gasteiger partial charge in [0, 0.05) is 11.4 Å². The predicted molar refractivity (Wildman–Crippen MR) is 49.5 cm³/mol. The zero-order chi connectivity index (χ0) is 9.26. The van der Waals surface area contributed by atoms with Crippen LogP contribution in [0, 0.1) is 0 Å². The van der Waals surface area contributed by atoms with Crippen molar-refractivity contribution in [1.82, 2.24) is 0 Å². The molecule has 0 saturated carbocycles. The van der Waals surface area contributed by atoms with Crippen molar-refractivity contribution < 1.29 is 9.53 Å². The van der Waals surface area contributed by atoms with E-state index in [-0.39, 0.29) is 12.1 Å². The van der Waals surface area contributed by atoms with Gasteiger partial charge in [-0.25, -0.2) is 0 Å². The Kier molecular flexibility index (Phi) is 2.23. The Hall–Kier alpha value is -1.02. The average molecular weight is 197 g/mol. The van der Waals surface area contributed by atoms with Crippen LogP contribution in [0.25, 0.3) is 0 Å². The summed E-state index contributed by atoms with van der Waals surface area (Å²) in [5.74, 6) is -0.120. The van der Waals surface area contributed by atoms with E-state index in [1.165, 1.54) is 0 Å². The normalized spacial score (nSPS) is 21.6. The summed E-state index contributed by atoms with van der Waals surface area (Å²) in [5.41, 5.74) is 0.985. The molecule has 1 saturated heterocycles. The molecule has 0 aromatic heterocycles. The summed E-state index contributed by atoms with van der Waals surface area (Å²) in [6.07, 6.45) is 1.18. The fourth-order valence-electron chi connectivity index (χ4n) is 1.47. The van der Waals surface area contributed by atoms with E-state index < -0.39 is 0 Å². The molecule has 1 aromatic rings. The Morgan fingerprint density at radius 3 is 2.92 bits per heavy atom. The van der Waals surface area contributed by atoms with E-state index in [9.17, 15) is 4.79 Å². The maximum atomic E-state index is 10.9. The molecule has 1 aliphatic rings. The molecule has 1 heterocycles. The first-order chi connectivity index (χ1) is 6.25. The van der Waals surface area contributed by atoms with Gasteiger partial charge in [-0.3, -0.25) is 4.79 Å². The van der Waals surface area contributed by atoms with Crippen molar-refractivity contribution in [3.8, 4) is 0 Å². The number of carbonyl (C=O) groups is 1. The van der Waals surface area contributed by atoms with Crippen LogP contribution in [0.5, 0.6) is 0 Å². The van der Waals surface area contributed by atoms with Crippen molar-refractivity contribution in [1.29, 1.82) is 0 Å². The summed E-state index contributed by atoms with van der Waals surface area (Å²) >= 11 is 5.82. The van der Waals surface area contributed by atoms with E-state index in [0.29, 0.717) is 11.4 Å². The van der Waals surface area contributed by atoms with E-state index in [0.717, 1.165) is 12.0 Å². The second-order valence-corrected chi connectivity index (χ2v) is 3.51. The number of hydrogen-bond donors (Lipinski definition) is 0. The number of esters is 1. The third kappa shape index (κ3) is 1.83. The molecule has 0 aliphatic carbocycles. The number of hydrogen-bond acceptors (Lipinski definition) is 2. The molecule has 0 N–H and O–H groups in total. The highest BCUT2D eigenvalue weighted by Gasteiger charge is 2.24. The van der Waals surface area contributed by atoms with E-state index in [2.05, 4.69) is 0 Å². The first kappa shape index (κ1) is 8.57. The molecular weight excluding hydrogens is 188 g/mol. The van der Waals surface area contributed by atoms with Crippen LogP contribution in [0.2, 0.25) is 5.02 Å². The number of cyclic esters (lactones) is 1. The number of benzene rings is 1. The second kappa shape index (κ2) is 3.38. The van der Waals surface area contributed by atoms with Gasteiger partial charge in [0.05, 0.1) is 0 Å². The third-order valence-corrected chi connectivity index (χ3v) is 2.34. The molecule has 3 heteroatoms. The number of ether oxygens (including phenoxy) is 1. The monoisotopic (exact) mass is 196 g/mol. The number of rotatable bonds is 1. The quantitative estimate of drug-likeness (QED) is 0.646. The molecule has 0 spiro atoms. The molecule has 68 valence electrons. The predicted octanol–water partition coefficient (Wildman–Crippen LogP) is 2.72. The summed E-state index contributed by atoms with van der Waals surface area (Å²) < 4.78 is 5.10. The minimum absolute atomic E-state index is 0.0915. The first-order valence-electron chi connectivity index (χ1n) is 4.20. The fraction of sp³-hybridized carbons (Fsp3) is 0.300. The van der Waals surface area contributed by atoms with Crippen LogP contribution in [-0.2, 0) is 9.53 Å². The van der Waals surface area contributed by atoms with Gasteiger partial charge in [0.25, 0.3) is 0 Å². The van der Waals surface area contributed by atoms with Gasteiger partial charge in [-0.1, -0.05) is 23.7 Å². The number of carbonyl (C=O) groups excluding carboxylic acids is 1. The maximum Gasteiger partial charge on any atom is 0.306 e. The summed E-state index contributed by atoms with van der Waals surface area (Å²) in [7, 11) is 0. The van der Waals surface area contributed by atoms with E-state index >= 15 is 0 Å². The topological polar surface area (TPSA) is 26.3 Å². The lowest BCUT2D eigenvalue weighted by Gasteiger charge is -2.08. The number of halogens is 1. The third-order valence-electron chi connectivity index (χ3n) is 2.10. The smallest absolute Gasteiger partial charge is 0.306 e. The van der Waals surface area contributed by atoms with E-state index in [4.69, 9.17) is 16.3 Å². The van der Waals surface area contributed by atoms with Gasteiger partial charge in [-0.2, -0.15) is 0 Å². The van der Waals surface area contributed by atoms with Gasteiger partial charge in [-0.05, 0) is 24.1 Å². The first-order valence-corrected chi connectivity index (χ1v) is 4.58. The summed E-state index contributed by atoms with van der Waals surface area (Å²) in [6, 6.07) is 7.44. The molecule has 2 nitrogen and oxygen atoms in total. The van der Waals surface area contributed by atoms with Crippen molar-refractivity contribution in [2.24, 2.45) is 0 Å². The largest absolute Gasteiger partial charge is 0.457 e. The lowest BCUT2D eigenvalue weighted by molar-refractivity contribution is -0.141. The Morgan fingerprint density at radius 1 is 1.46 bits per heavy atom. The molecule has 0 radical (unpaired) electrons. The Morgan fingerprint density at radius 2 is 2.31 bits per heavy atom. The summed E-state index contributed by atoms with van der Waals surface area (Å²) in [6.45, 7) is 0. The van der Waals surface area contributed by atoms with Crippen molar-refractivity contribution in [2.75, 3.05) is 0 Å². The van der Waals surface area contributed by atoms with Crippen LogP contribution in [-0.4, -0.2) is 5.97 Å². The summed E-state index contributed by atoms with van der Waals surface area (Å²) in [5, 5.41) is 0.681. The van der Waals surface area contributed by atoms with Gasteiger partial charge in [-0.15, -0.1) is 0 Å². The lowest BCUT2D eigenvalue weighted by Crippen LogP contribution is -1.97. The maximum absolute atomic E-state index is 10.9. The molecule has 0 unspecified atom stereocenters. The highest BCUT2D eigenvalue weighted by atomic mass is 35.5. The van der Waals surface area contributed by atoms with Gasteiger partial charge >= 0.3 is 5.97 Å². The van der Waals surface area contributed by atoms with Gasteiger partial charge in [0.15, 0.2) is 0 Å². The zero-order valence-electron chi connectivity index (χ0n) is 7.00. The average Bonchev–Trinajstić information content (AvgIpc) is 2.52. The van der Waals surface area contributed by atoms with Crippen LogP contribution in [0.3, 0.4) is 0 Å². The summed E-state index contributed by atoms with van der Waals surface area (Å²) in [4.78, 5) is 10.9. The molecule has 2 rings (SSSR count). The van der Waals surface area contributed by atoms with Crippen LogP contribution in [0.4, 0.5) is 0 Å². The fourth-order valence-corrected chi connectivity index (χ4v) is 1.67. The molecule has 0 bridgehead atoms. The van der Waals surface area contributed by atoms with Crippen LogP contribution in [0.15, 0.2) is 24.3 Å². The molecule has 13 heavy (non-hydrogen) atoms. The molecule has 1 aromatic carbocycles. The van der Waals surface area contributed by atoms with E-state index in [1.54, 1.807) is 0 Å². The second-order valence-electron chi connectivity index (χ2n) is 3.07. The molecule has 1 fully saturated rings. The highest BCUT2D eigenvalue weighted by molar-refractivity contribution is 6.30. The van der Waals surface area contributed by atoms with Crippen LogP contribution < -0.4 is 0 Å². The Labute approximate surface area is 81.5 Å². The minimum atomic E-state index is -0.120. The standard InChI is InChI=1S/C10H9ClO2/c11-8-3-1-2-7(6-8)9-4-5-10(12)13-9/h1-3,6,9H,4-5H2/t9-/m0/s1. The van der Waals surface area contributed by atoms with Crippen LogP contribution >= 0.6 is 11.6 Å².